The molecule has 1 saturated heterocycles. The summed E-state index contributed by atoms with van der Waals surface area (Å²) in [5.41, 5.74) is 0.649. The Morgan fingerprint density at radius 2 is 1.93 bits per heavy atom. The largest absolute Gasteiger partial charge is 0.456 e. The third-order valence-electron chi connectivity index (χ3n) is 3.77. The highest BCUT2D eigenvalue weighted by Gasteiger charge is 2.38. The highest BCUT2D eigenvalue weighted by Crippen LogP contribution is 2.26. The Morgan fingerprint density at radius 1 is 1.24 bits per heavy atom. The summed E-state index contributed by atoms with van der Waals surface area (Å²) in [6.45, 7) is 8.68. The molecular weight excluding hydrogens is 378 g/mol. The number of carbonyl (C=O) groups excluding carboxylic acids is 3. The predicted molar refractivity (Wildman–Crippen MR) is 104 cm³/mol. The molecule has 0 aromatic rings. The number of nitrogens with zero attached hydrogens (tertiary/aromatic N) is 1. The van der Waals surface area contributed by atoms with Gasteiger partial charge >= 0.3 is 11.9 Å². The zero-order valence-corrected chi connectivity index (χ0v) is 17.6. The van der Waals surface area contributed by atoms with Crippen molar-refractivity contribution < 1.29 is 33.4 Å². The van der Waals surface area contributed by atoms with Gasteiger partial charge in [0, 0.05) is 13.8 Å². The molecule has 1 fully saturated rings. The molecule has 0 saturated carbocycles. The van der Waals surface area contributed by atoms with Crippen molar-refractivity contribution in [2.45, 2.75) is 52.4 Å². The average Bonchev–Trinajstić information content (AvgIpc) is 2.75. The third-order valence-corrected chi connectivity index (χ3v) is 3.77. The van der Waals surface area contributed by atoms with Crippen molar-refractivity contribution in [3.63, 3.8) is 0 Å². The van der Waals surface area contributed by atoms with E-state index < -0.39 is 29.2 Å². The number of ether oxygens (including phenoxy) is 3. The number of hydrogen-bond donors (Lipinski definition) is 0. The smallest absolute Gasteiger partial charge is 0.377 e. The van der Waals surface area contributed by atoms with Crippen LogP contribution in [0.1, 0.15) is 41.0 Å². The van der Waals surface area contributed by atoms with E-state index >= 15 is 0 Å². The molecule has 1 aliphatic carbocycles. The van der Waals surface area contributed by atoms with Gasteiger partial charge in [-0.2, -0.15) is 0 Å². The van der Waals surface area contributed by atoms with Crippen molar-refractivity contribution in [2.75, 3.05) is 13.7 Å². The summed E-state index contributed by atoms with van der Waals surface area (Å²) in [6, 6.07) is 0. The minimum Gasteiger partial charge on any atom is -0.456 e. The topological polar surface area (TPSA) is 91.4 Å². The van der Waals surface area contributed by atoms with E-state index in [1.807, 2.05) is 6.08 Å². The van der Waals surface area contributed by atoms with Crippen molar-refractivity contribution >= 4 is 17.8 Å². The molecule has 0 bridgehead atoms. The van der Waals surface area contributed by atoms with Crippen LogP contribution in [0.5, 0.6) is 0 Å². The zero-order valence-electron chi connectivity index (χ0n) is 17.6. The molecule has 0 atom stereocenters. The van der Waals surface area contributed by atoms with Crippen LogP contribution in [0.2, 0.25) is 0 Å². The third kappa shape index (κ3) is 6.60. The minimum absolute atomic E-state index is 0.139. The van der Waals surface area contributed by atoms with Crippen molar-refractivity contribution in [2.24, 2.45) is 0 Å². The maximum absolute atomic E-state index is 12.5. The lowest BCUT2D eigenvalue weighted by molar-refractivity contribution is -0.168. The molecule has 0 unspecified atom stereocenters. The fraction of sp³-hybridized carbons (Fsp3) is 0.476. The number of carbonyl (C=O) groups is 3. The van der Waals surface area contributed by atoms with Crippen molar-refractivity contribution in [1.29, 1.82) is 0 Å². The van der Waals surface area contributed by atoms with E-state index in [1.165, 1.54) is 7.11 Å². The number of rotatable bonds is 5. The van der Waals surface area contributed by atoms with Gasteiger partial charge in [-0.25, -0.2) is 14.7 Å². The Hall–Kier alpha value is -2.87. The average molecular weight is 405 g/mol. The Balaban J connectivity index is 2.09. The first-order chi connectivity index (χ1) is 13.4. The fourth-order valence-corrected chi connectivity index (χ4v) is 2.55. The van der Waals surface area contributed by atoms with Crippen LogP contribution >= 0.6 is 0 Å². The number of allylic oxidation sites excluding steroid dienone is 3. The van der Waals surface area contributed by atoms with Crippen LogP contribution in [0.25, 0.3) is 0 Å². The lowest BCUT2D eigenvalue weighted by atomic mass is 10.1. The minimum atomic E-state index is -1.11. The molecular formula is C21H27NO7. The van der Waals surface area contributed by atoms with E-state index in [0.717, 1.165) is 16.7 Å². The van der Waals surface area contributed by atoms with Gasteiger partial charge in [0.1, 0.15) is 5.60 Å². The van der Waals surface area contributed by atoms with Crippen molar-refractivity contribution in [1.82, 2.24) is 5.06 Å². The molecule has 8 nitrogen and oxygen atoms in total. The normalized spacial score (nSPS) is 19.7. The van der Waals surface area contributed by atoms with E-state index in [0.29, 0.717) is 12.0 Å². The Bertz CT molecular complexity index is 809. The number of esters is 2. The van der Waals surface area contributed by atoms with Gasteiger partial charge in [0.25, 0.3) is 5.91 Å². The molecule has 0 aromatic heterocycles. The maximum Gasteiger partial charge on any atom is 0.377 e. The van der Waals surface area contributed by atoms with Gasteiger partial charge in [-0.05, 0) is 38.8 Å². The highest BCUT2D eigenvalue weighted by molar-refractivity contribution is 5.97. The van der Waals surface area contributed by atoms with Crippen LogP contribution in [-0.4, -0.2) is 48.0 Å². The molecule has 1 heterocycles. The van der Waals surface area contributed by atoms with Gasteiger partial charge in [0.15, 0.2) is 0 Å². The molecule has 0 aromatic carbocycles. The summed E-state index contributed by atoms with van der Waals surface area (Å²) in [4.78, 5) is 41.6. The van der Waals surface area contributed by atoms with E-state index in [2.05, 4.69) is 0 Å². The van der Waals surface area contributed by atoms with E-state index in [1.54, 1.807) is 52.8 Å². The summed E-state index contributed by atoms with van der Waals surface area (Å²) in [6.07, 6.45) is 8.43. The summed E-state index contributed by atoms with van der Waals surface area (Å²) in [5.74, 6) is -2.99. The van der Waals surface area contributed by atoms with Gasteiger partial charge < -0.3 is 14.2 Å². The molecule has 1 aliphatic heterocycles. The molecule has 29 heavy (non-hydrogen) atoms. The monoisotopic (exact) mass is 405 g/mol. The van der Waals surface area contributed by atoms with Crippen LogP contribution in [0.3, 0.4) is 0 Å². The maximum atomic E-state index is 12.5. The van der Waals surface area contributed by atoms with E-state index in [-0.39, 0.29) is 12.3 Å². The Morgan fingerprint density at radius 3 is 2.48 bits per heavy atom. The van der Waals surface area contributed by atoms with Gasteiger partial charge in [-0.1, -0.05) is 18.2 Å². The Labute approximate surface area is 170 Å². The summed E-state index contributed by atoms with van der Waals surface area (Å²) < 4.78 is 15.7. The molecule has 0 radical (unpaired) electrons. The second-order valence-corrected chi connectivity index (χ2v) is 8.01. The van der Waals surface area contributed by atoms with Crippen LogP contribution < -0.4 is 0 Å². The number of hydroxylamine groups is 2. The van der Waals surface area contributed by atoms with Crippen molar-refractivity contribution in [3.05, 3.63) is 47.3 Å². The summed E-state index contributed by atoms with van der Waals surface area (Å²) >= 11 is 0. The Kier molecular flexibility index (Phi) is 6.69. The summed E-state index contributed by atoms with van der Waals surface area (Å²) in [5, 5.41) is 1.08. The molecule has 158 valence electrons. The molecule has 1 amide bonds. The standard InChI is InChI=1S/C21H27NO7/c1-20(2,3)28-18(24)15-9-7-8-14(10-11-15)13-22(26-6)17(23)12-16-19(25)29-21(4,5)27-16/h7,9-12H,8,13H2,1-6H3/b16-12-. The van der Waals surface area contributed by atoms with Gasteiger partial charge in [-0.15, -0.1) is 0 Å². The van der Waals surface area contributed by atoms with Crippen LogP contribution in [0.4, 0.5) is 0 Å². The van der Waals surface area contributed by atoms with Crippen molar-refractivity contribution in [3.8, 4) is 0 Å². The fourth-order valence-electron chi connectivity index (χ4n) is 2.55. The van der Waals surface area contributed by atoms with E-state index in [4.69, 9.17) is 19.0 Å². The first-order valence-corrected chi connectivity index (χ1v) is 9.19. The predicted octanol–water partition coefficient (Wildman–Crippen LogP) is 2.72. The van der Waals surface area contributed by atoms with E-state index in [9.17, 15) is 14.4 Å². The lowest BCUT2D eigenvalue weighted by Gasteiger charge is -2.19. The molecule has 8 heteroatoms. The molecule has 0 N–H and O–H groups in total. The second kappa shape index (κ2) is 8.65. The second-order valence-electron chi connectivity index (χ2n) is 8.01. The quantitative estimate of drug-likeness (QED) is 0.394. The first-order valence-electron chi connectivity index (χ1n) is 9.19. The lowest BCUT2D eigenvalue weighted by Crippen LogP contribution is -2.31. The highest BCUT2D eigenvalue weighted by atomic mass is 16.8. The van der Waals surface area contributed by atoms with Gasteiger partial charge in [0.05, 0.1) is 25.3 Å². The number of hydrogen-bond acceptors (Lipinski definition) is 7. The SMILES string of the molecule is CON(CC1=CC=C(C(=O)OC(C)(C)C)C=CC1)C(=O)/C=C1\OC(C)(C)OC1=O. The zero-order chi connectivity index (χ0) is 21.8. The summed E-state index contributed by atoms with van der Waals surface area (Å²) in [7, 11) is 1.35. The van der Waals surface area contributed by atoms with Gasteiger partial charge in [-0.3, -0.25) is 9.63 Å². The van der Waals surface area contributed by atoms with Crippen LogP contribution in [-0.2, 0) is 33.4 Å². The molecule has 0 spiro atoms. The number of cyclic esters (lactones) is 1. The van der Waals surface area contributed by atoms with Gasteiger partial charge in [0.2, 0.25) is 11.5 Å². The van der Waals surface area contributed by atoms with Crippen LogP contribution in [0, 0.1) is 0 Å². The first kappa shape index (κ1) is 22.4. The molecule has 2 rings (SSSR count). The number of amides is 1. The molecule has 2 aliphatic rings. The van der Waals surface area contributed by atoms with Crippen LogP contribution in [0.15, 0.2) is 47.3 Å².